The van der Waals surface area contributed by atoms with Crippen molar-refractivity contribution < 1.29 is 14.7 Å². The molecule has 0 aliphatic heterocycles. The molecular formula is C24H42N4O3. The van der Waals surface area contributed by atoms with Crippen LogP contribution in [-0.4, -0.2) is 40.0 Å². The van der Waals surface area contributed by atoms with Gasteiger partial charge in [0.05, 0.1) is 17.8 Å². The van der Waals surface area contributed by atoms with Crippen molar-refractivity contribution in [3.05, 3.63) is 30.1 Å². The highest BCUT2D eigenvalue weighted by Crippen LogP contribution is 2.23. The minimum absolute atomic E-state index is 0.0157. The summed E-state index contributed by atoms with van der Waals surface area (Å²) in [5, 5.41) is 13.5. The van der Waals surface area contributed by atoms with Crippen molar-refractivity contribution in [2.75, 3.05) is 0 Å². The number of ketones is 1. The van der Waals surface area contributed by atoms with Crippen LogP contribution in [0.1, 0.15) is 72.5 Å². The van der Waals surface area contributed by atoms with E-state index in [0.717, 1.165) is 0 Å². The number of nitrogens with one attached hydrogen (secondary N) is 1. The van der Waals surface area contributed by atoms with E-state index in [1.54, 1.807) is 24.4 Å². The zero-order chi connectivity index (χ0) is 23.7. The summed E-state index contributed by atoms with van der Waals surface area (Å²) in [6.07, 6.45) is 2.45. The van der Waals surface area contributed by atoms with E-state index in [2.05, 4.69) is 10.3 Å². The van der Waals surface area contributed by atoms with Crippen LogP contribution in [0.2, 0.25) is 0 Å². The summed E-state index contributed by atoms with van der Waals surface area (Å²) in [6.45, 7) is 11.9. The SMILES string of the molecule is CCC(C)[C@H](NC(=O)C(CC(O)C(N)CC(C)C)C(C)C)C(=O)C(N)c1ccccn1. The van der Waals surface area contributed by atoms with E-state index < -0.39 is 30.1 Å². The Morgan fingerprint density at radius 2 is 1.74 bits per heavy atom. The number of Topliss-reactive ketones (excluding diaryl/α,β-unsaturated/α-hetero) is 1. The van der Waals surface area contributed by atoms with Gasteiger partial charge in [-0.15, -0.1) is 0 Å². The minimum atomic E-state index is -0.914. The van der Waals surface area contributed by atoms with Gasteiger partial charge in [-0.2, -0.15) is 0 Å². The zero-order valence-electron chi connectivity index (χ0n) is 19.9. The summed E-state index contributed by atoms with van der Waals surface area (Å²) in [6, 6.07) is 3.22. The summed E-state index contributed by atoms with van der Waals surface area (Å²) in [5.74, 6) is -0.723. The Morgan fingerprint density at radius 3 is 2.23 bits per heavy atom. The Kier molecular flexibility index (Phi) is 11.3. The molecule has 0 fully saturated rings. The van der Waals surface area contributed by atoms with Gasteiger partial charge in [0, 0.05) is 18.2 Å². The van der Waals surface area contributed by atoms with E-state index in [9.17, 15) is 14.7 Å². The molecule has 0 aliphatic carbocycles. The second-order valence-electron chi connectivity index (χ2n) is 9.45. The third-order valence-corrected chi connectivity index (χ3v) is 6.00. The zero-order valence-corrected chi connectivity index (χ0v) is 19.9. The molecule has 0 spiro atoms. The second kappa shape index (κ2) is 12.9. The van der Waals surface area contributed by atoms with Crippen LogP contribution in [0.5, 0.6) is 0 Å². The monoisotopic (exact) mass is 434 g/mol. The van der Waals surface area contributed by atoms with Crippen molar-refractivity contribution >= 4 is 11.7 Å². The maximum absolute atomic E-state index is 13.2. The molecule has 0 bridgehead atoms. The second-order valence-corrected chi connectivity index (χ2v) is 9.45. The van der Waals surface area contributed by atoms with Gasteiger partial charge in [0.1, 0.15) is 6.04 Å². The first-order chi connectivity index (χ1) is 14.5. The number of amides is 1. The van der Waals surface area contributed by atoms with E-state index in [0.29, 0.717) is 24.5 Å². The van der Waals surface area contributed by atoms with Gasteiger partial charge >= 0.3 is 0 Å². The first kappa shape index (κ1) is 27.2. The van der Waals surface area contributed by atoms with Crippen molar-refractivity contribution in [3.63, 3.8) is 0 Å². The van der Waals surface area contributed by atoms with Crippen molar-refractivity contribution in [3.8, 4) is 0 Å². The highest BCUT2D eigenvalue weighted by molar-refractivity contribution is 5.93. The van der Waals surface area contributed by atoms with Gasteiger partial charge in [0.2, 0.25) is 5.91 Å². The fourth-order valence-electron chi connectivity index (χ4n) is 3.71. The third kappa shape index (κ3) is 8.31. The third-order valence-electron chi connectivity index (χ3n) is 6.00. The van der Waals surface area contributed by atoms with E-state index >= 15 is 0 Å². The normalized spacial score (nSPS) is 17.6. The van der Waals surface area contributed by atoms with Gasteiger partial charge < -0.3 is 21.9 Å². The van der Waals surface area contributed by atoms with Gasteiger partial charge in [0.25, 0.3) is 0 Å². The van der Waals surface area contributed by atoms with Crippen LogP contribution in [0.3, 0.4) is 0 Å². The largest absolute Gasteiger partial charge is 0.391 e. The average molecular weight is 435 g/mol. The summed E-state index contributed by atoms with van der Waals surface area (Å²) in [7, 11) is 0. The average Bonchev–Trinajstić information content (AvgIpc) is 2.73. The van der Waals surface area contributed by atoms with Crippen molar-refractivity contribution in [1.82, 2.24) is 10.3 Å². The first-order valence-electron chi connectivity index (χ1n) is 11.4. The summed E-state index contributed by atoms with van der Waals surface area (Å²) < 4.78 is 0. The number of rotatable bonds is 13. The fourth-order valence-corrected chi connectivity index (χ4v) is 3.71. The predicted molar refractivity (Wildman–Crippen MR) is 124 cm³/mol. The molecule has 1 heterocycles. The van der Waals surface area contributed by atoms with Gasteiger partial charge in [-0.05, 0) is 42.7 Å². The molecule has 0 aliphatic rings. The van der Waals surface area contributed by atoms with Gasteiger partial charge in [-0.3, -0.25) is 14.6 Å². The lowest BCUT2D eigenvalue weighted by atomic mass is 9.84. The summed E-state index contributed by atoms with van der Waals surface area (Å²) >= 11 is 0. The molecule has 6 N–H and O–H groups in total. The number of nitrogens with zero attached hydrogens (tertiary/aromatic N) is 1. The van der Waals surface area contributed by atoms with Crippen LogP contribution >= 0.6 is 0 Å². The van der Waals surface area contributed by atoms with Crippen LogP contribution in [0.25, 0.3) is 0 Å². The molecule has 0 saturated heterocycles. The molecule has 1 aromatic heterocycles. The minimum Gasteiger partial charge on any atom is -0.391 e. The highest BCUT2D eigenvalue weighted by Gasteiger charge is 2.35. The topological polar surface area (TPSA) is 131 Å². The van der Waals surface area contributed by atoms with Crippen LogP contribution in [0.4, 0.5) is 0 Å². The smallest absolute Gasteiger partial charge is 0.224 e. The maximum Gasteiger partial charge on any atom is 0.224 e. The lowest BCUT2D eigenvalue weighted by molar-refractivity contribution is -0.133. The number of carbonyl (C=O) groups is 2. The summed E-state index contributed by atoms with van der Waals surface area (Å²) in [4.78, 5) is 30.5. The molecule has 6 atom stereocenters. The Hall–Kier alpha value is -1.83. The molecule has 7 heteroatoms. The Labute approximate surface area is 187 Å². The van der Waals surface area contributed by atoms with Gasteiger partial charge in [-0.1, -0.05) is 54.0 Å². The molecule has 0 aromatic carbocycles. The molecule has 7 nitrogen and oxygen atoms in total. The molecule has 31 heavy (non-hydrogen) atoms. The molecule has 1 aromatic rings. The molecule has 5 unspecified atom stereocenters. The predicted octanol–water partition coefficient (Wildman–Crippen LogP) is 2.58. The van der Waals surface area contributed by atoms with E-state index in [4.69, 9.17) is 11.5 Å². The van der Waals surface area contributed by atoms with Crippen LogP contribution in [0, 0.1) is 23.7 Å². The van der Waals surface area contributed by atoms with Crippen LogP contribution in [-0.2, 0) is 9.59 Å². The van der Waals surface area contributed by atoms with Gasteiger partial charge in [0.15, 0.2) is 5.78 Å². The number of aliphatic hydroxyl groups is 1. The molecule has 1 rings (SSSR count). The first-order valence-corrected chi connectivity index (χ1v) is 11.4. The Bertz CT molecular complexity index is 681. The highest BCUT2D eigenvalue weighted by atomic mass is 16.3. The number of hydrogen-bond acceptors (Lipinski definition) is 6. The van der Waals surface area contributed by atoms with Crippen molar-refractivity contribution in [2.45, 2.75) is 85.0 Å². The molecular weight excluding hydrogens is 392 g/mol. The lowest BCUT2D eigenvalue weighted by Gasteiger charge is -2.30. The van der Waals surface area contributed by atoms with Gasteiger partial charge in [-0.25, -0.2) is 0 Å². The van der Waals surface area contributed by atoms with Crippen molar-refractivity contribution in [1.29, 1.82) is 0 Å². The molecule has 176 valence electrons. The maximum atomic E-state index is 13.2. The number of aliphatic hydroxyl groups excluding tert-OH is 1. The number of nitrogens with two attached hydrogens (primary N) is 2. The van der Waals surface area contributed by atoms with E-state index in [1.165, 1.54) is 0 Å². The van der Waals surface area contributed by atoms with E-state index in [-0.39, 0.29) is 29.9 Å². The standard InChI is InChI=1S/C24H42N4O3/c1-7-16(6)22(23(30)21(26)19-10-8-9-11-27-19)28-24(31)17(15(4)5)13-20(29)18(25)12-14(2)3/h8-11,14-18,20-22,29H,7,12-13,25-26H2,1-6H3,(H,28,31)/t16?,17?,18?,20?,21?,22-/m0/s1. The quantitative estimate of drug-likeness (QED) is 0.377. The molecule has 0 radical (unpaired) electrons. The van der Waals surface area contributed by atoms with Crippen LogP contribution < -0.4 is 16.8 Å². The molecule has 0 saturated carbocycles. The number of aromatic nitrogens is 1. The van der Waals surface area contributed by atoms with Crippen LogP contribution in [0.15, 0.2) is 24.4 Å². The number of pyridine rings is 1. The summed E-state index contributed by atoms with van der Waals surface area (Å²) in [5.41, 5.74) is 12.8. The van der Waals surface area contributed by atoms with Crippen molar-refractivity contribution in [2.24, 2.45) is 35.1 Å². The number of hydrogen-bond donors (Lipinski definition) is 4. The lowest BCUT2D eigenvalue weighted by Crippen LogP contribution is -2.51. The Morgan fingerprint density at radius 1 is 1.10 bits per heavy atom. The Balaban J connectivity index is 2.98. The fraction of sp³-hybridized carbons (Fsp3) is 0.708. The molecule has 1 amide bonds. The number of carbonyl (C=O) groups excluding carboxylic acids is 2. The van der Waals surface area contributed by atoms with E-state index in [1.807, 2.05) is 41.5 Å².